The van der Waals surface area contributed by atoms with Crippen molar-refractivity contribution in [3.8, 4) is 0 Å². The van der Waals surface area contributed by atoms with Gasteiger partial charge < -0.3 is 0 Å². The van der Waals surface area contributed by atoms with Gasteiger partial charge in [0.2, 0.25) is 0 Å². The molecule has 0 radical (unpaired) electrons. The van der Waals surface area contributed by atoms with E-state index in [2.05, 4.69) is 4.99 Å². The van der Waals surface area contributed by atoms with Gasteiger partial charge in [-0.1, -0.05) is 36.0 Å². The molecule has 2 aromatic carbocycles. The Balaban J connectivity index is 1.74. The maximum atomic E-state index is 12.9. The summed E-state index contributed by atoms with van der Waals surface area (Å²) in [4.78, 5) is 29.0. The Labute approximate surface area is 147 Å². The van der Waals surface area contributed by atoms with Crippen molar-refractivity contribution >= 4 is 28.5 Å². The Kier molecular flexibility index (Phi) is 5.08. The van der Waals surface area contributed by atoms with Crippen LogP contribution in [0.4, 0.5) is 10.1 Å². The maximum absolute atomic E-state index is 12.9. The van der Waals surface area contributed by atoms with Crippen LogP contribution in [0.25, 0.3) is 0 Å². The summed E-state index contributed by atoms with van der Waals surface area (Å²) in [6.07, 6.45) is 0. The lowest BCUT2D eigenvalue weighted by atomic mass is 10.1. The van der Waals surface area contributed by atoms with Crippen LogP contribution >= 0.6 is 11.8 Å². The Morgan fingerprint density at radius 1 is 1.24 bits per heavy atom. The van der Waals surface area contributed by atoms with Gasteiger partial charge in [-0.25, -0.2) is 4.39 Å². The Morgan fingerprint density at radius 2 is 1.96 bits per heavy atom. The van der Waals surface area contributed by atoms with Gasteiger partial charge in [0, 0.05) is 18.4 Å². The maximum Gasteiger partial charge on any atom is 0.282 e. The Hall–Kier alpha value is -2.74. The summed E-state index contributed by atoms with van der Waals surface area (Å²) in [6, 6.07) is 12.0. The molecule has 0 aliphatic carbocycles. The molecule has 1 aliphatic rings. The molecule has 2 aromatic rings. The Morgan fingerprint density at radius 3 is 2.68 bits per heavy atom. The monoisotopic (exact) mass is 359 g/mol. The molecule has 1 aliphatic heterocycles. The average molecular weight is 359 g/mol. The highest BCUT2D eigenvalue weighted by atomic mass is 32.2. The zero-order valence-electron chi connectivity index (χ0n) is 13.1. The normalized spacial score (nSPS) is 13.6. The molecular formula is C17H14FN3O3S. The first kappa shape index (κ1) is 17.1. The van der Waals surface area contributed by atoms with E-state index in [1.165, 1.54) is 47.0 Å². The number of rotatable bonds is 4. The minimum absolute atomic E-state index is 0.0458. The lowest BCUT2D eigenvalue weighted by Gasteiger charge is -2.17. The van der Waals surface area contributed by atoms with E-state index in [0.717, 1.165) is 5.56 Å². The molecule has 128 valence electrons. The number of aliphatic imine (C=N–C) groups is 1. The number of hydrogen-bond donors (Lipinski definition) is 0. The van der Waals surface area contributed by atoms with Gasteiger partial charge in [-0.3, -0.25) is 24.8 Å². The smallest absolute Gasteiger partial charge is 0.282 e. The number of benzene rings is 2. The quantitative estimate of drug-likeness (QED) is 0.619. The van der Waals surface area contributed by atoms with E-state index < -0.39 is 10.8 Å². The number of hydrogen-bond acceptors (Lipinski definition) is 5. The number of carbonyl (C=O) groups excluding carboxylic acids is 1. The topological polar surface area (TPSA) is 75.8 Å². The third kappa shape index (κ3) is 3.85. The van der Waals surface area contributed by atoms with Crippen molar-refractivity contribution in [1.82, 2.24) is 4.90 Å². The van der Waals surface area contributed by atoms with E-state index in [0.29, 0.717) is 24.0 Å². The predicted octanol–water partition coefficient (Wildman–Crippen LogP) is 3.48. The number of halogens is 1. The fraction of sp³-hybridized carbons (Fsp3) is 0.176. The lowest BCUT2D eigenvalue weighted by Crippen LogP contribution is -2.33. The molecule has 0 saturated heterocycles. The number of nitro groups is 1. The van der Waals surface area contributed by atoms with Crippen LogP contribution in [-0.2, 0) is 5.75 Å². The van der Waals surface area contributed by atoms with E-state index in [4.69, 9.17) is 0 Å². The number of thioether (sulfide) groups is 1. The molecule has 0 aromatic heterocycles. The van der Waals surface area contributed by atoms with E-state index in [9.17, 15) is 19.3 Å². The van der Waals surface area contributed by atoms with Crippen LogP contribution in [0, 0.1) is 15.9 Å². The van der Waals surface area contributed by atoms with Gasteiger partial charge in [0.1, 0.15) is 11.4 Å². The fourth-order valence-corrected chi connectivity index (χ4v) is 3.43. The van der Waals surface area contributed by atoms with Gasteiger partial charge in [0.05, 0.1) is 11.5 Å². The first-order valence-electron chi connectivity index (χ1n) is 7.53. The fourth-order valence-electron chi connectivity index (χ4n) is 2.43. The van der Waals surface area contributed by atoms with Crippen LogP contribution in [0.5, 0.6) is 0 Å². The molecule has 8 heteroatoms. The minimum Gasteiger partial charge on any atom is -0.285 e. The molecular weight excluding hydrogens is 345 g/mol. The summed E-state index contributed by atoms with van der Waals surface area (Å²) in [6.45, 7) is 0.842. The first-order valence-corrected chi connectivity index (χ1v) is 8.52. The van der Waals surface area contributed by atoms with Gasteiger partial charge in [0.25, 0.3) is 11.6 Å². The number of amidine groups is 1. The molecule has 25 heavy (non-hydrogen) atoms. The minimum atomic E-state index is -0.564. The van der Waals surface area contributed by atoms with Crippen LogP contribution in [0.1, 0.15) is 15.9 Å². The van der Waals surface area contributed by atoms with Crippen molar-refractivity contribution in [2.45, 2.75) is 5.75 Å². The second-order valence-electron chi connectivity index (χ2n) is 5.31. The van der Waals surface area contributed by atoms with Crippen LogP contribution in [0.15, 0.2) is 53.5 Å². The van der Waals surface area contributed by atoms with Crippen LogP contribution in [0.2, 0.25) is 0 Å². The van der Waals surface area contributed by atoms with Crippen LogP contribution < -0.4 is 0 Å². The molecule has 6 nitrogen and oxygen atoms in total. The standard InChI is InChI=1S/C17H14FN3O3S/c18-13-7-5-12(6-8-13)11-25-17-19-9-10-20(17)16(22)14-3-1-2-4-15(14)21(23)24/h1-8H,9-11H2. The summed E-state index contributed by atoms with van der Waals surface area (Å²) in [5.74, 6) is -0.213. The number of para-hydroxylation sites is 1. The van der Waals surface area contributed by atoms with Crippen molar-refractivity contribution in [1.29, 1.82) is 0 Å². The number of amides is 1. The van der Waals surface area contributed by atoms with Gasteiger partial charge in [-0.15, -0.1) is 0 Å². The summed E-state index contributed by atoms with van der Waals surface area (Å²) in [5, 5.41) is 11.7. The summed E-state index contributed by atoms with van der Waals surface area (Å²) in [7, 11) is 0. The van der Waals surface area contributed by atoms with E-state index >= 15 is 0 Å². The van der Waals surface area contributed by atoms with Gasteiger partial charge >= 0.3 is 0 Å². The van der Waals surface area contributed by atoms with Crippen molar-refractivity contribution < 1.29 is 14.1 Å². The second-order valence-corrected chi connectivity index (χ2v) is 6.25. The highest BCUT2D eigenvalue weighted by molar-refractivity contribution is 8.13. The largest absolute Gasteiger partial charge is 0.285 e. The summed E-state index contributed by atoms with van der Waals surface area (Å²) < 4.78 is 12.9. The number of nitro benzene ring substituents is 1. The first-order chi connectivity index (χ1) is 12.1. The third-order valence-corrected chi connectivity index (χ3v) is 4.74. The van der Waals surface area contributed by atoms with Crippen molar-refractivity contribution in [3.05, 3.63) is 75.6 Å². The highest BCUT2D eigenvalue weighted by Crippen LogP contribution is 2.25. The molecule has 0 unspecified atom stereocenters. The summed E-state index contributed by atoms with van der Waals surface area (Å²) >= 11 is 1.35. The third-order valence-electron chi connectivity index (χ3n) is 3.66. The average Bonchev–Trinajstić information content (AvgIpc) is 3.09. The SMILES string of the molecule is O=C(c1ccccc1[N+](=O)[O-])N1CCN=C1SCc1ccc(F)cc1. The van der Waals surface area contributed by atoms with Crippen molar-refractivity contribution in [3.63, 3.8) is 0 Å². The van der Waals surface area contributed by atoms with Crippen molar-refractivity contribution in [2.75, 3.05) is 13.1 Å². The molecule has 0 atom stereocenters. The van der Waals surface area contributed by atoms with Gasteiger partial charge in [-0.2, -0.15) is 0 Å². The molecule has 1 amide bonds. The Bertz CT molecular complexity index is 839. The van der Waals surface area contributed by atoms with Gasteiger partial charge in [0.15, 0.2) is 5.17 Å². The molecule has 0 bridgehead atoms. The van der Waals surface area contributed by atoms with Gasteiger partial charge in [-0.05, 0) is 23.8 Å². The zero-order chi connectivity index (χ0) is 17.8. The van der Waals surface area contributed by atoms with E-state index in [1.807, 2.05) is 0 Å². The molecule has 0 fully saturated rings. The molecule has 0 saturated carbocycles. The number of carbonyl (C=O) groups is 1. The highest BCUT2D eigenvalue weighted by Gasteiger charge is 2.29. The van der Waals surface area contributed by atoms with E-state index in [1.54, 1.807) is 18.2 Å². The summed E-state index contributed by atoms with van der Waals surface area (Å²) in [5.41, 5.74) is 0.728. The number of nitrogens with zero attached hydrogens (tertiary/aromatic N) is 3. The van der Waals surface area contributed by atoms with Crippen LogP contribution in [-0.4, -0.2) is 34.0 Å². The second kappa shape index (κ2) is 7.43. The molecule has 3 rings (SSSR count). The lowest BCUT2D eigenvalue weighted by molar-refractivity contribution is -0.385. The molecule has 1 heterocycles. The van der Waals surface area contributed by atoms with Crippen molar-refractivity contribution in [2.24, 2.45) is 4.99 Å². The predicted molar refractivity (Wildman–Crippen MR) is 94.1 cm³/mol. The van der Waals surface area contributed by atoms with E-state index in [-0.39, 0.29) is 17.1 Å². The van der Waals surface area contributed by atoms with Crippen LogP contribution in [0.3, 0.4) is 0 Å². The zero-order valence-corrected chi connectivity index (χ0v) is 13.9. The molecule has 0 spiro atoms. The molecule has 0 N–H and O–H groups in total.